The Balaban J connectivity index is 2.08. The van der Waals surface area contributed by atoms with Gasteiger partial charge in [0.05, 0.1) is 7.11 Å². The molecule has 1 heterocycles. The van der Waals surface area contributed by atoms with Gasteiger partial charge in [-0.3, -0.25) is 4.79 Å². The number of ether oxygens (including phenoxy) is 1. The first-order valence-electron chi connectivity index (χ1n) is 7.47. The minimum Gasteiger partial charge on any atom is -0.496 e. The number of rotatable bonds is 2. The van der Waals surface area contributed by atoms with Gasteiger partial charge in [-0.25, -0.2) is 0 Å². The molecule has 0 saturated carbocycles. The Labute approximate surface area is 146 Å². The zero-order valence-corrected chi connectivity index (χ0v) is 14.5. The highest BCUT2D eigenvalue weighted by Crippen LogP contribution is 2.31. The van der Waals surface area contributed by atoms with Crippen LogP contribution < -0.4 is 15.6 Å². The Hall–Kier alpha value is -2.59. The minimum absolute atomic E-state index is 0.121. The van der Waals surface area contributed by atoms with Gasteiger partial charge in [-0.2, -0.15) is 0 Å². The molecular weight excluding hydrogens is 368 g/mol. The molecule has 3 nitrogen and oxygen atoms in total. The number of hydrogen-bond acceptors (Lipinski definition) is 3. The van der Waals surface area contributed by atoms with E-state index in [1.165, 1.54) is 0 Å². The van der Waals surface area contributed by atoms with Crippen molar-refractivity contribution >= 4 is 43.7 Å². The third-order valence-corrected chi connectivity index (χ3v) is 4.57. The summed E-state index contributed by atoms with van der Waals surface area (Å²) in [6.45, 7) is 0. The smallest absolute Gasteiger partial charge is 0.228 e. The molecule has 118 valence electrons. The van der Waals surface area contributed by atoms with Crippen LogP contribution in [0.15, 0.2) is 68.3 Å². The lowest BCUT2D eigenvalue weighted by Crippen LogP contribution is -2.24. The zero-order chi connectivity index (χ0) is 16.7. The van der Waals surface area contributed by atoms with Crippen molar-refractivity contribution in [3.8, 4) is 5.75 Å². The lowest BCUT2D eigenvalue weighted by molar-refractivity contribution is 0.420. The van der Waals surface area contributed by atoms with Crippen LogP contribution in [0.3, 0.4) is 0 Å². The molecule has 0 saturated heterocycles. The van der Waals surface area contributed by atoms with E-state index in [9.17, 15) is 4.79 Å². The quantitative estimate of drug-likeness (QED) is 0.521. The van der Waals surface area contributed by atoms with Crippen molar-refractivity contribution in [2.24, 2.45) is 0 Å². The van der Waals surface area contributed by atoms with Crippen LogP contribution in [0.25, 0.3) is 27.8 Å². The van der Waals surface area contributed by atoms with Crippen molar-refractivity contribution in [1.82, 2.24) is 0 Å². The van der Waals surface area contributed by atoms with Crippen molar-refractivity contribution in [1.29, 1.82) is 0 Å². The van der Waals surface area contributed by atoms with Gasteiger partial charge in [0, 0.05) is 20.6 Å². The summed E-state index contributed by atoms with van der Waals surface area (Å²) in [4.78, 5) is 12.8. The SMILES string of the molecule is COc1ccc2c(=O)/c(=C\c3ccc(Br)cc3)oc3cccc1c32. The first-order valence-corrected chi connectivity index (χ1v) is 8.26. The summed E-state index contributed by atoms with van der Waals surface area (Å²) in [5.41, 5.74) is 1.78. The highest BCUT2D eigenvalue weighted by molar-refractivity contribution is 9.10. The summed E-state index contributed by atoms with van der Waals surface area (Å²) in [6, 6.07) is 17.0. The van der Waals surface area contributed by atoms with E-state index in [4.69, 9.17) is 9.15 Å². The normalized spacial score (nSPS) is 12.2. The van der Waals surface area contributed by atoms with E-state index < -0.39 is 0 Å². The molecule has 4 aromatic rings. The summed E-state index contributed by atoms with van der Waals surface area (Å²) in [6.07, 6.45) is 1.76. The lowest BCUT2D eigenvalue weighted by Gasteiger charge is -2.08. The fraction of sp³-hybridized carbons (Fsp3) is 0.0500. The van der Waals surface area contributed by atoms with Crippen LogP contribution in [0, 0.1) is 0 Å². The van der Waals surface area contributed by atoms with Crippen LogP contribution in [0.1, 0.15) is 5.56 Å². The molecule has 1 aromatic heterocycles. The molecule has 3 aromatic carbocycles. The van der Waals surface area contributed by atoms with Crippen molar-refractivity contribution in [2.75, 3.05) is 7.11 Å². The maximum atomic E-state index is 12.8. The summed E-state index contributed by atoms with van der Waals surface area (Å²) >= 11 is 3.41. The van der Waals surface area contributed by atoms with Gasteiger partial charge in [0.2, 0.25) is 5.43 Å². The van der Waals surface area contributed by atoms with Crippen molar-refractivity contribution < 1.29 is 9.15 Å². The topological polar surface area (TPSA) is 39.4 Å². The molecule has 0 radical (unpaired) electrons. The van der Waals surface area contributed by atoms with Gasteiger partial charge in [0.1, 0.15) is 11.3 Å². The minimum atomic E-state index is -0.121. The van der Waals surface area contributed by atoms with E-state index in [0.29, 0.717) is 16.4 Å². The predicted octanol–water partition coefficient (Wildman–Crippen LogP) is 4.27. The van der Waals surface area contributed by atoms with E-state index in [1.807, 2.05) is 48.5 Å². The molecule has 0 spiro atoms. The average Bonchev–Trinajstić information content (AvgIpc) is 2.61. The molecule has 0 bridgehead atoms. The van der Waals surface area contributed by atoms with Gasteiger partial charge >= 0.3 is 0 Å². The molecule has 0 aliphatic heterocycles. The van der Waals surface area contributed by atoms with Crippen LogP contribution in [0.5, 0.6) is 5.75 Å². The molecule has 0 aliphatic carbocycles. The van der Waals surface area contributed by atoms with Gasteiger partial charge in [0.25, 0.3) is 0 Å². The molecule has 0 aliphatic rings. The fourth-order valence-electron chi connectivity index (χ4n) is 2.90. The van der Waals surface area contributed by atoms with Crippen molar-refractivity contribution in [3.63, 3.8) is 0 Å². The third kappa shape index (κ3) is 2.39. The summed E-state index contributed by atoms with van der Waals surface area (Å²) < 4.78 is 12.3. The maximum absolute atomic E-state index is 12.8. The van der Waals surface area contributed by atoms with E-state index in [0.717, 1.165) is 26.6 Å². The average molecular weight is 381 g/mol. The van der Waals surface area contributed by atoms with E-state index in [-0.39, 0.29) is 5.43 Å². The standard InChI is InChI=1S/C20H13BrO3/c1-23-16-10-9-15-19-14(16)3-2-4-17(19)24-18(20(15)22)11-12-5-7-13(21)8-6-12/h2-11H,1H3/b18-11+. The molecule has 0 atom stereocenters. The molecule has 0 N–H and O–H groups in total. The molecular formula is C20H13BrO3. The third-order valence-electron chi connectivity index (χ3n) is 4.04. The zero-order valence-electron chi connectivity index (χ0n) is 12.9. The maximum Gasteiger partial charge on any atom is 0.228 e. The number of halogens is 1. The molecule has 0 fully saturated rings. The fourth-order valence-corrected chi connectivity index (χ4v) is 3.17. The van der Waals surface area contributed by atoms with Crippen molar-refractivity contribution in [3.05, 3.63) is 80.3 Å². The Kier molecular flexibility index (Phi) is 3.62. The second-order valence-electron chi connectivity index (χ2n) is 5.49. The molecule has 0 amide bonds. The van der Waals surface area contributed by atoms with Crippen LogP contribution in [0.4, 0.5) is 0 Å². The summed E-state index contributed by atoms with van der Waals surface area (Å²) in [5.74, 6) is 0.729. The van der Waals surface area contributed by atoms with Gasteiger partial charge in [-0.15, -0.1) is 0 Å². The van der Waals surface area contributed by atoms with Crippen LogP contribution >= 0.6 is 15.9 Å². The van der Waals surface area contributed by atoms with E-state index in [2.05, 4.69) is 15.9 Å². The Bertz CT molecular complexity index is 1160. The highest BCUT2D eigenvalue weighted by atomic mass is 79.9. The van der Waals surface area contributed by atoms with Crippen LogP contribution in [0.2, 0.25) is 0 Å². The summed E-state index contributed by atoms with van der Waals surface area (Å²) in [5, 5.41) is 2.31. The van der Waals surface area contributed by atoms with Crippen LogP contribution in [-0.2, 0) is 0 Å². The molecule has 4 rings (SSSR count). The second kappa shape index (κ2) is 5.80. The number of benzene rings is 3. The predicted molar refractivity (Wildman–Crippen MR) is 99.5 cm³/mol. The molecule has 4 heteroatoms. The van der Waals surface area contributed by atoms with E-state index >= 15 is 0 Å². The van der Waals surface area contributed by atoms with Gasteiger partial charge in [-0.1, -0.05) is 40.2 Å². The van der Waals surface area contributed by atoms with Crippen molar-refractivity contribution in [2.45, 2.75) is 0 Å². The monoisotopic (exact) mass is 380 g/mol. The Morgan fingerprint density at radius 1 is 1.00 bits per heavy atom. The van der Waals surface area contributed by atoms with Gasteiger partial charge in [0.15, 0.2) is 5.42 Å². The van der Waals surface area contributed by atoms with Crippen LogP contribution in [-0.4, -0.2) is 7.11 Å². The highest BCUT2D eigenvalue weighted by Gasteiger charge is 2.12. The Morgan fingerprint density at radius 2 is 1.79 bits per heavy atom. The number of hydrogen-bond donors (Lipinski definition) is 0. The summed E-state index contributed by atoms with van der Waals surface area (Å²) in [7, 11) is 1.62. The number of methoxy groups -OCH3 is 1. The molecule has 0 unspecified atom stereocenters. The van der Waals surface area contributed by atoms with E-state index in [1.54, 1.807) is 19.3 Å². The first kappa shape index (κ1) is 15.0. The first-order chi connectivity index (χ1) is 11.7. The lowest BCUT2D eigenvalue weighted by atomic mass is 10.0. The largest absolute Gasteiger partial charge is 0.496 e. The van der Waals surface area contributed by atoms with Gasteiger partial charge in [-0.05, 0) is 42.0 Å². The Morgan fingerprint density at radius 3 is 2.54 bits per heavy atom. The molecule has 24 heavy (non-hydrogen) atoms. The second-order valence-corrected chi connectivity index (χ2v) is 6.40. The van der Waals surface area contributed by atoms with Gasteiger partial charge < -0.3 is 9.15 Å².